The van der Waals surface area contributed by atoms with Crippen LogP contribution in [0.1, 0.15) is 37.5 Å². The number of fused-ring (bicyclic) bond motifs is 1. The molecule has 0 radical (unpaired) electrons. The first-order valence-corrected chi connectivity index (χ1v) is 10.1. The van der Waals surface area contributed by atoms with Gasteiger partial charge in [-0.2, -0.15) is 0 Å². The van der Waals surface area contributed by atoms with E-state index < -0.39 is 6.10 Å². The molecule has 1 aromatic heterocycles. The van der Waals surface area contributed by atoms with Crippen LogP contribution in [0.4, 0.5) is 0 Å². The quantitative estimate of drug-likeness (QED) is 0.545. The van der Waals surface area contributed by atoms with E-state index in [4.69, 9.17) is 4.74 Å². The monoisotopic (exact) mass is 397 g/mol. The molecule has 3 aromatic rings. The molecule has 1 atom stereocenters. The first kappa shape index (κ1) is 21.1. The summed E-state index contributed by atoms with van der Waals surface area (Å²) in [5.74, 6) is 1.43. The third kappa shape index (κ3) is 5.08. The number of aryl methyl sites for hydroxylation is 2. The molecular weight excluding hydrogens is 366 g/mol. The molecule has 0 saturated heterocycles. The van der Waals surface area contributed by atoms with E-state index >= 15 is 0 Å². The summed E-state index contributed by atoms with van der Waals surface area (Å²) < 4.78 is 8.94. The Bertz CT molecular complexity index is 1000. The summed E-state index contributed by atoms with van der Waals surface area (Å²) in [6.45, 7) is 6.45. The van der Waals surface area contributed by atoms with Crippen molar-refractivity contribution in [2.45, 2.75) is 32.9 Å². The maximum absolute atomic E-state index is 12.1. The Balaban J connectivity index is 1.56. The number of rotatable bonds is 9. The number of ether oxygens (including phenoxy) is 1. The number of aromatic nitrogens is 2. The van der Waals surface area contributed by atoms with Gasteiger partial charge in [0.15, 0.2) is 0 Å². The Morgan fingerprint density at radius 3 is 2.41 bits per heavy atom. The normalized spacial score (nSPS) is 12.6. The van der Waals surface area contributed by atoms with Crippen LogP contribution in [-0.2, 0) is 20.6 Å². The Kier molecular flexibility index (Phi) is 6.77. The van der Waals surface area contributed by atoms with Gasteiger partial charge in [-0.3, -0.25) is 9.13 Å². The molecule has 1 heterocycles. The molecule has 0 saturated carbocycles. The Morgan fingerprint density at radius 1 is 1.03 bits per heavy atom. The summed E-state index contributed by atoms with van der Waals surface area (Å²) >= 11 is 0. The van der Waals surface area contributed by atoms with Crippen molar-refractivity contribution in [2.24, 2.45) is 20.0 Å². The SMILES string of the molecule is CC(C)CCNCc1ccc(OCC(O)c2ccc3c(c2)n(C)c(=O)n3C)cc1. The number of benzene rings is 2. The molecule has 0 spiro atoms. The summed E-state index contributed by atoms with van der Waals surface area (Å²) in [5.41, 5.74) is 3.48. The van der Waals surface area contributed by atoms with Gasteiger partial charge < -0.3 is 15.2 Å². The van der Waals surface area contributed by atoms with Gasteiger partial charge in [0.25, 0.3) is 0 Å². The average molecular weight is 398 g/mol. The summed E-state index contributed by atoms with van der Waals surface area (Å²) in [6.07, 6.45) is 0.397. The molecule has 2 aromatic carbocycles. The lowest BCUT2D eigenvalue weighted by Crippen LogP contribution is -2.19. The van der Waals surface area contributed by atoms with Crippen LogP contribution >= 0.6 is 0 Å². The maximum atomic E-state index is 12.1. The highest BCUT2D eigenvalue weighted by atomic mass is 16.5. The van der Waals surface area contributed by atoms with E-state index in [9.17, 15) is 9.90 Å². The van der Waals surface area contributed by atoms with Crippen molar-refractivity contribution < 1.29 is 9.84 Å². The van der Waals surface area contributed by atoms with Gasteiger partial charge >= 0.3 is 5.69 Å². The van der Waals surface area contributed by atoms with E-state index in [1.807, 2.05) is 42.5 Å². The maximum Gasteiger partial charge on any atom is 0.328 e. The minimum atomic E-state index is -0.771. The lowest BCUT2D eigenvalue weighted by molar-refractivity contribution is 0.108. The summed E-state index contributed by atoms with van der Waals surface area (Å²) in [7, 11) is 3.48. The second kappa shape index (κ2) is 9.29. The Labute approximate surface area is 171 Å². The van der Waals surface area contributed by atoms with E-state index in [-0.39, 0.29) is 12.3 Å². The zero-order valence-corrected chi connectivity index (χ0v) is 17.7. The van der Waals surface area contributed by atoms with Gasteiger partial charge in [-0.1, -0.05) is 32.0 Å². The summed E-state index contributed by atoms with van der Waals surface area (Å²) in [6, 6.07) is 13.5. The van der Waals surface area contributed by atoms with Crippen LogP contribution in [0.2, 0.25) is 0 Å². The van der Waals surface area contributed by atoms with E-state index in [2.05, 4.69) is 19.2 Å². The molecule has 1 unspecified atom stereocenters. The number of aliphatic hydroxyl groups excluding tert-OH is 1. The fraction of sp³-hybridized carbons (Fsp3) is 0.435. The van der Waals surface area contributed by atoms with Crippen LogP contribution in [0.3, 0.4) is 0 Å². The smallest absolute Gasteiger partial charge is 0.328 e. The Morgan fingerprint density at radius 2 is 1.72 bits per heavy atom. The molecule has 6 heteroatoms. The molecule has 6 nitrogen and oxygen atoms in total. The van der Waals surface area contributed by atoms with E-state index in [0.29, 0.717) is 5.92 Å². The van der Waals surface area contributed by atoms with Gasteiger partial charge in [0.05, 0.1) is 11.0 Å². The van der Waals surface area contributed by atoms with E-state index in [0.717, 1.165) is 35.4 Å². The number of nitrogens with zero attached hydrogens (tertiary/aromatic N) is 2. The summed E-state index contributed by atoms with van der Waals surface area (Å²) in [5, 5.41) is 14.0. The molecule has 156 valence electrons. The average Bonchev–Trinajstić information content (AvgIpc) is 2.94. The molecule has 29 heavy (non-hydrogen) atoms. The van der Waals surface area contributed by atoms with Crippen LogP contribution in [0.15, 0.2) is 47.3 Å². The molecule has 0 aliphatic carbocycles. The van der Waals surface area contributed by atoms with Gasteiger partial charge in [-0.15, -0.1) is 0 Å². The van der Waals surface area contributed by atoms with E-state index in [1.54, 1.807) is 23.2 Å². The second-order valence-electron chi connectivity index (χ2n) is 7.98. The highest BCUT2D eigenvalue weighted by Crippen LogP contribution is 2.21. The van der Waals surface area contributed by atoms with Crippen LogP contribution in [0, 0.1) is 5.92 Å². The van der Waals surface area contributed by atoms with Crippen LogP contribution in [-0.4, -0.2) is 27.4 Å². The van der Waals surface area contributed by atoms with Crippen molar-refractivity contribution in [1.82, 2.24) is 14.5 Å². The molecule has 2 N–H and O–H groups in total. The first-order valence-electron chi connectivity index (χ1n) is 10.1. The highest BCUT2D eigenvalue weighted by molar-refractivity contribution is 5.76. The van der Waals surface area contributed by atoms with Crippen molar-refractivity contribution >= 4 is 11.0 Å². The van der Waals surface area contributed by atoms with Crippen molar-refractivity contribution in [3.05, 3.63) is 64.1 Å². The molecular formula is C23H31N3O3. The third-order valence-electron chi connectivity index (χ3n) is 5.24. The van der Waals surface area contributed by atoms with Gasteiger partial charge in [0.1, 0.15) is 18.5 Å². The fourth-order valence-corrected chi connectivity index (χ4v) is 3.33. The van der Waals surface area contributed by atoms with Crippen LogP contribution < -0.4 is 15.7 Å². The summed E-state index contributed by atoms with van der Waals surface area (Å²) in [4.78, 5) is 12.1. The van der Waals surface area contributed by atoms with Crippen molar-refractivity contribution in [2.75, 3.05) is 13.2 Å². The highest BCUT2D eigenvalue weighted by Gasteiger charge is 2.13. The number of aliphatic hydroxyl groups is 1. The fourth-order valence-electron chi connectivity index (χ4n) is 3.33. The predicted molar refractivity (Wildman–Crippen MR) is 116 cm³/mol. The number of nitrogens with one attached hydrogen (secondary N) is 1. The third-order valence-corrected chi connectivity index (χ3v) is 5.24. The molecule has 0 fully saturated rings. The standard InChI is InChI=1S/C23H31N3O3/c1-16(2)11-12-24-14-17-5-8-19(9-6-17)29-15-22(27)18-7-10-20-21(13-18)26(4)23(28)25(20)3/h5-10,13,16,22,24,27H,11-12,14-15H2,1-4H3. The number of hydrogen-bond acceptors (Lipinski definition) is 4. The predicted octanol–water partition coefficient (Wildman–Crippen LogP) is 3.13. The van der Waals surface area contributed by atoms with E-state index in [1.165, 1.54) is 12.0 Å². The lowest BCUT2D eigenvalue weighted by Gasteiger charge is -2.14. The number of imidazole rings is 1. The molecule has 3 rings (SSSR count). The largest absolute Gasteiger partial charge is 0.491 e. The van der Waals surface area contributed by atoms with Crippen molar-refractivity contribution in [3.8, 4) is 5.75 Å². The van der Waals surface area contributed by atoms with Crippen LogP contribution in [0.5, 0.6) is 5.75 Å². The van der Waals surface area contributed by atoms with Gasteiger partial charge in [-0.05, 0) is 54.3 Å². The minimum absolute atomic E-state index is 0.0818. The zero-order chi connectivity index (χ0) is 21.0. The topological polar surface area (TPSA) is 68.4 Å². The molecule has 0 amide bonds. The van der Waals surface area contributed by atoms with Crippen molar-refractivity contribution in [1.29, 1.82) is 0 Å². The first-order chi connectivity index (χ1) is 13.9. The zero-order valence-electron chi connectivity index (χ0n) is 17.7. The second-order valence-corrected chi connectivity index (χ2v) is 7.98. The number of hydrogen-bond donors (Lipinski definition) is 2. The van der Waals surface area contributed by atoms with Gasteiger partial charge in [0, 0.05) is 20.6 Å². The van der Waals surface area contributed by atoms with Crippen molar-refractivity contribution in [3.63, 3.8) is 0 Å². The minimum Gasteiger partial charge on any atom is -0.491 e. The molecule has 0 aliphatic rings. The van der Waals surface area contributed by atoms with Gasteiger partial charge in [0.2, 0.25) is 0 Å². The Hall–Kier alpha value is -2.57. The lowest BCUT2D eigenvalue weighted by atomic mass is 10.1. The molecule has 0 bridgehead atoms. The van der Waals surface area contributed by atoms with Crippen LogP contribution in [0.25, 0.3) is 11.0 Å². The van der Waals surface area contributed by atoms with Gasteiger partial charge in [-0.25, -0.2) is 4.79 Å². The molecule has 0 aliphatic heterocycles.